The Bertz CT molecular complexity index is 1090. The van der Waals surface area contributed by atoms with Crippen LogP contribution in [0.3, 0.4) is 0 Å². The Balaban J connectivity index is 1.71. The van der Waals surface area contributed by atoms with E-state index in [1.54, 1.807) is 16.7 Å². The minimum absolute atomic E-state index is 0.0127. The fourth-order valence-electron chi connectivity index (χ4n) is 5.09. The van der Waals surface area contributed by atoms with Crippen molar-refractivity contribution in [1.82, 2.24) is 0 Å². The molecule has 0 atom stereocenters. The van der Waals surface area contributed by atoms with Gasteiger partial charge in [0.15, 0.2) is 0 Å². The average molecular weight is 472 g/mol. The van der Waals surface area contributed by atoms with E-state index in [-0.39, 0.29) is 3.46 Å². The summed E-state index contributed by atoms with van der Waals surface area (Å²) in [4.78, 5) is 0. The van der Waals surface area contributed by atoms with Gasteiger partial charge in [0, 0.05) is 0 Å². The average Bonchev–Trinajstić information content (AvgIpc) is 2.76. The summed E-state index contributed by atoms with van der Waals surface area (Å²) in [7, 11) is 0. The molecule has 4 aromatic rings. The van der Waals surface area contributed by atoms with E-state index in [0.717, 1.165) is 0 Å². The van der Waals surface area contributed by atoms with Crippen LogP contribution in [0.5, 0.6) is 0 Å². The molecule has 134 valence electrons. The van der Waals surface area contributed by atoms with Crippen LogP contribution in [-0.4, -0.2) is 20.9 Å². The summed E-state index contributed by atoms with van der Waals surface area (Å²) in [5, 5.41) is 0. The molecule has 0 radical (unpaired) electrons. The van der Waals surface area contributed by atoms with Gasteiger partial charge in [0.1, 0.15) is 0 Å². The molecule has 0 fully saturated rings. The maximum atomic E-state index is 2.40. The van der Waals surface area contributed by atoms with Crippen molar-refractivity contribution in [3.05, 3.63) is 136 Å². The van der Waals surface area contributed by atoms with Gasteiger partial charge in [-0.15, -0.1) is 0 Å². The quantitative estimate of drug-likeness (QED) is 0.356. The van der Waals surface area contributed by atoms with Gasteiger partial charge in [-0.1, -0.05) is 0 Å². The number of aryl methyl sites for hydroxylation is 1. The molecule has 2 bridgehead atoms. The van der Waals surface area contributed by atoms with Crippen LogP contribution in [-0.2, 0) is 3.46 Å². The summed E-state index contributed by atoms with van der Waals surface area (Å²) in [5.74, 6) is 0.371. The van der Waals surface area contributed by atoms with E-state index in [2.05, 4.69) is 104 Å². The molecule has 0 saturated carbocycles. The molecule has 3 aliphatic carbocycles. The van der Waals surface area contributed by atoms with Crippen molar-refractivity contribution in [2.24, 2.45) is 0 Å². The molecular weight excluding hydrogens is 452 g/mol. The topological polar surface area (TPSA) is 0 Å². The molecule has 0 amide bonds. The van der Waals surface area contributed by atoms with Crippen LogP contribution in [0.2, 0.25) is 0 Å². The Morgan fingerprint density at radius 2 is 1.00 bits per heavy atom. The van der Waals surface area contributed by atoms with Crippen LogP contribution in [0.1, 0.15) is 44.9 Å². The fraction of sp³-hybridized carbons (Fsp3) is 0.111. The van der Waals surface area contributed by atoms with Gasteiger partial charge in [-0.2, -0.15) is 0 Å². The molecule has 0 spiro atoms. The van der Waals surface area contributed by atoms with Crippen molar-refractivity contribution in [2.45, 2.75) is 16.3 Å². The summed E-state index contributed by atoms with van der Waals surface area (Å²) in [6.07, 6.45) is 0. The van der Waals surface area contributed by atoms with Crippen molar-refractivity contribution in [3.63, 3.8) is 0 Å². The first-order chi connectivity index (χ1) is 13.8. The first kappa shape index (κ1) is 16.6. The molecule has 0 aromatic heterocycles. The molecule has 0 nitrogen and oxygen atoms in total. The molecule has 4 aromatic carbocycles. The second-order valence-electron chi connectivity index (χ2n) is 7.79. The zero-order valence-corrected chi connectivity index (χ0v) is 18.1. The van der Waals surface area contributed by atoms with Gasteiger partial charge < -0.3 is 0 Å². The van der Waals surface area contributed by atoms with Crippen LogP contribution < -0.4 is 3.61 Å². The molecule has 0 unspecified atom stereocenters. The van der Waals surface area contributed by atoms with E-state index in [1.165, 1.54) is 25.9 Å². The molecular formula is C27H20Te. The molecule has 0 saturated heterocycles. The van der Waals surface area contributed by atoms with E-state index in [9.17, 15) is 0 Å². The Kier molecular flexibility index (Phi) is 3.61. The third kappa shape index (κ3) is 2.12. The molecule has 7 rings (SSSR count). The Morgan fingerprint density at radius 1 is 0.571 bits per heavy atom. The second-order valence-corrected chi connectivity index (χ2v) is 11.5. The third-order valence-electron chi connectivity index (χ3n) is 6.25. The Hall–Kier alpha value is -2.33. The van der Waals surface area contributed by atoms with Gasteiger partial charge >= 0.3 is 177 Å². The van der Waals surface area contributed by atoms with E-state index in [4.69, 9.17) is 0 Å². The minimum atomic E-state index is -0.562. The maximum absolute atomic E-state index is 2.40. The van der Waals surface area contributed by atoms with Crippen LogP contribution in [0, 0.1) is 6.92 Å². The SMILES string of the molecule is Cc1ccc([Te]C23c4ccccc4C(c4ccccc42)c2ccccc23)cc1. The van der Waals surface area contributed by atoms with Gasteiger partial charge in [-0.3, -0.25) is 0 Å². The van der Waals surface area contributed by atoms with Crippen LogP contribution in [0.25, 0.3) is 0 Å². The van der Waals surface area contributed by atoms with E-state index in [1.807, 2.05) is 0 Å². The Morgan fingerprint density at radius 3 is 1.46 bits per heavy atom. The predicted molar refractivity (Wildman–Crippen MR) is 117 cm³/mol. The van der Waals surface area contributed by atoms with Crippen molar-refractivity contribution >= 4 is 24.5 Å². The molecule has 3 aliphatic rings. The molecule has 0 aliphatic heterocycles. The molecule has 1 heteroatoms. The van der Waals surface area contributed by atoms with Gasteiger partial charge in [-0.05, 0) is 0 Å². The van der Waals surface area contributed by atoms with Crippen molar-refractivity contribution in [1.29, 1.82) is 0 Å². The van der Waals surface area contributed by atoms with Crippen LogP contribution in [0.15, 0.2) is 97.1 Å². The predicted octanol–water partition coefficient (Wildman–Crippen LogP) is 5.12. The number of rotatable bonds is 2. The van der Waals surface area contributed by atoms with Crippen LogP contribution >= 0.6 is 0 Å². The van der Waals surface area contributed by atoms with Crippen molar-refractivity contribution < 1.29 is 0 Å². The van der Waals surface area contributed by atoms with Crippen LogP contribution in [0.4, 0.5) is 0 Å². The standard InChI is InChI=1S/C27H20Te/c1-18-14-16-19(17-15-18)28-27-23-11-5-2-8-20(23)26(21-9-3-6-12-24(21)27)22-10-4-7-13-25(22)27/h2-17,26H,1H3. The van der Waals surface area contributed by atoms with Gasteiger partial charge in [-0.25, -0.2) is 0 Å². The number of hydrogen-bond acceptors (Lipinski definition) is 0. The zero-order valence-electron chi connectivity index (χ0n) is 15.7. The molecule has 28 heavy (non-hydrogen) atoms. The summed E-state index contributed by atoms with van der Waals surface area (Å²) >= 11 is -0.562. The number of benzene rings is 4. The van der Waals surface area contributed by atoms with E-state index in [0.29, 0.717) is 5.92 Å². The number of hydrogen-bond donors (Lipinski definition) is 0. The summed E-state index contributed by atoms with van der Waals surface area (Å²) < 4.78 is 1.54. The normalized spacial score (nSPS) is 21.0. The van der Waals surface area contributed by atoms with Gasteiger partial charge in [0.25, 0.3) is 0 Å². The summed E-state index contributed by atoms with van der Waals surface area (Å²) in [6, 6.07) is 36.9. The first-order valence-corrected chi connectivity index (χ1v) is 12.2. The first-order valence-electron chi connectivity index (χ1n) is 9.83. The summed E-state index contributed by atoms with van der Waals surface area (Å²) in [5.41, 5.74) is 10.5. The van der Waals surface area contributed by atoms with E-state index >= 15 is 0 Å². The zero-order chi connectivity index (χ0) is 18.7. The van der Waals surface area contributed by atoms with E-state index < -0.39 is 20.9 Å². The van der Waals surface area contributed by atoms with Gasteiger partial charge in [0.05, 0.1) is 0 Å². The monoisotopic (exact) mass is 474 g/mol. The molecule has 0 heterocycles. The van der Waals surface area contributed by atoms with Crippen molar-refractivity contribution in [2.75, 3.05) is 0 Å². The summed E-state index contributed by atoms with van der Waals surface area (Å²) in [6.45, 7) is 2.17. The fourth-order valence-corrected chi connectivity index (χ4v) is 9.41. The molecule has 0 N–H and O–H groups in total. The van der Waals surface area contributed by atoms with Crippen molar-refractivity contribution in [3.8, 4) is 0 Å². The second kappa shape index (κ2) is 6.08. The Labute approximate surface area is 176 Å². The third-order valence-corrected chi connectivity index (χ3v) is 10.5. The van der Waals surface area contributed by atoms with Gasteiger partial charge in [0.2, 0.25) is 0 Å².